The average molecular weight is 636 g/mol. The molecule has 1 unspecified atom stereocenters. The maximum atomic E-state index is 13.3. The van der Waals surface area contributed by atoms with Crippen LogP contribution in [0.1, 0.15) is 40.7 Å². The van der Waals surface area contributed by atoms with Crippen molar-refractivity contribution in [3.05, 3.63) is 119 Å². The molecule has 2 saturated heterocycles. The quantitative estimate of drug-likeness (QED) is 0.217. The first-order chi connectivity index (χ1) is 22.3. The van der Waals surface area contributed by atoms with Gasteiger partial charge in [0.2, 0.25) is 5.95 Å². The number of halogens is 1. The largest absolute Gasteiger partial charge is 0.385 e. The molecule has 0 saturated carbocycles. The number of nitrogens with zero attached hydrogens (tertiary/aromatic N) is 6. The second-order valence-electron chi connectivity index (χ2n) is 12.4. The topological polar surface area (TPSA) is 89.2 Å². The van der Waals surface area contributed by atoms with Crippen LogP contribution in [0, 0.1) is 0 Å². The van der Waals surface area contributed by atoms with Gasteiger partial charge in [0.25, 0.3) is 5.91 Å². The molecular formula is C36H38ClN7O2. The summed E-state index contributed by atoms with van der Waals surface area (Å²) in [5.41, 5.74) is 4.49. The van der Waals surface area contributed by atoms with Crippen LogP contribution in [0.25, 0.3) is 5.65 Å². The molecule has 0 radical (unpaired) electrons. The van der Waals surface area contributed by atoms with Crippen molar-refractivity contribution in [2.75, 3.05) is 43.4 Å². The number of rotatable bonds is 8. The number of likely N-dealkylation sites (N-methyl/N-ethyl adjacent to an activating group) is 1. The van der Waals surface area contributed by atoms with Gasteiger partial charge in [-0.15, -0.1) is 5.10 Å². The van der Waals surface area contributed by atoms with Crippen molar-refractivity contribution >= 4 is 40.5 Å². The van der Waals surface area contributed by atoms with Crippen LogP contribution in [0.2, 0.25) is 5.02 Å². The lowest BCUT2D eigenvalue weighted by Crippen LogP contribution is -2.42. The van der Waals surface area contributed by atoms with Crippen LogP contribution < -0.4 is 10.2 Å². The molecule has 0 aliphatic carbocycles. The molecule has 2 fully saturated rings. The molecule has 10 heteroatoms. The number of hydrogen-bond acceptors (Lipinski definition) is 7. The second-order valence-corrected chi connectivity index (χ2v) is 12.8. The number of likely N-dealkylation sites (tertiary alicyclic amines) is 1. The van der Waals surface area contributed by atoms with Crippen LogP contribution in [0.3, 0.4) is 0 Å². The van der Waals surface area contributed by atoms with E-state index >= 15 is 0 Å². The minimum Gasteiger partial charge on any atom is -0.385 e. The Kier molecular flexibility index (Phi) is 8.38. The molecule has 0 bridgehead atoms. The predicted octanol–water partition coefficient (Wildman–Crippen LogP) is 5.96. The van der Waals surface area contributed by atoms with Crippen molar-refractivity contribution in [3.63, 3.8) is 0 Å². The van der Waals surface area contributed by atoms with Gasteiger partial charge in [-0.25, -0.2) is 4.52 Å². The van der Waals surface area contributed by atoms with E-state index in [-0.39, 0.29) is 11.9 Å². The summed E-state index contributed by atoms with van der Waals surface area (Å²) in [5.74, 6) is 0.501. The van der Waals surface area contributed by atoms with Crippen molar-refractivity contribution in [3.8, 4) is 0 Å². The van der Waals surface area contributed by atoms with Crippen LogP contribution in [-0.4, -0.2) is 74.7 Å². The summed E-state index contributed by atoms with van der Waals surface area (Å²) in [5, 5.41) is 20.0. The zero-order valence-corrected chi connectivity index (χ0v) is 26.6. The Morgan fingerprint density at radius 2 is 1.72 bits per heavy atom. The minimum absolute atomic E-state index is 0.0260. The van der Waals surface area contributed by atoms with Crippen molar-refractivity contribution < 1.29 is 9.90 Å². The van der Waals surface area contributed by atoms with E-state index in [9.17, 15) is 9.90 Å². The predicted molar refractivity (Wildman–Crippen MR) is 182 cm³/mol. The van der Waals surface area contributed by atoms with E-state index < -0.39 is 5.60 Å². The third kappa shape index (κ3) is 6.31. The summed E-state index contributed by atoms with van der Waals surface area (Å²) in [6.45, 7) is 4.13. The Bertz CT molecular complexity index is 1800. The lowest BCUT2D eigenvalue weighted by Gasteiger charge is -2.39. The lowest BCUT2D eigenvalue weighted by molar-refractivity contribution is 0.0118. The first-order valence-electron chi connectivity index (χ1n) is 15.8. The number of pyridine rings is 1. The second kappa shape index (κ2) is 12.7. The number of piperidine rings is 1. The number of anilines is 3. The summed E-state index contributed by atoms with van der Waals surface area (Å²) in [6, 6.07) is 29.6. The summed E-state index contributed by atoms with van der Waals surface area (Å²) in [6.07, 6.45) is 4.05. The first-order valence-corrected chi connectivity index (χ1v) is 16.2. The van der Waals surface area contributed by atoms with Crippen molar-refractivity contribution in [1.82, 2.24) is 24.4 Å². The van der Waals surface area contributed by atoms with Crippen LogP contribution >= 0.6 is 11.6 Å². The number of carbonyl (C=O) groups excluding carboxylic acids is 1. The Hall–Kier alpha value is -4.44. The van der Waals surface area contributed by atoms with Crippen LogP contribution in [0.5, 0.6) is 0 Å². The summed E-state index contributed by atoms with van der Waals surface area (Å²) < 4.78 is 1.77. The highest BCUT2D eigenvalue weighted by atomic mass is 35.5. The normalized spacial score (nSPS) is 18.2. The van der Waals surface area contributed by atoms with Crippen molar-refractivity contribution in [2.45, 2.75) is 37.5 Å². The molecule has 5 aromatic rings. The van der Waals surface area contributed by atoms with E-state index in [2.05, 4.69) is 44.5 Å². The van der Waals surface area contributed by atoms with Gasteiger partial charge in [-0.1, -0.05) is 54.1 Å². The molecule has 46 heavy (non-hydrogen) atoms. The molecule has 4 heterocycles. The van der Waals surface area contributed by atoms with E-state index in [0.29, 0.717) is 42.5 Å². The Morgan fingerprint density at radius 1 is 0.978 bits per heavy atom. The SMILES string of the molecule is CN(C(=O)c1ccc(Nc2nc3c(N4CCC(O)(c5ccc(Cl)cc5)CC4)cccn3n2)cc1)C1CCN(Cc2ccccc2)C1. The van der Waals surface area contributed by atoms with Gasteiger partial charge in [0.1, 0.15) is 0 Å². The molecule has 236 valence electrons. The molecule has 2 N–H and O–H groups in total. The number of aromatic nitrogens is 3. The van der Waals surface area contributed by atoms with E-state index in [1.165, 1.54) is 5.56 Å². The fourth-order valence-electron chi connectivity index (χ4n) is 6.67. The molecule has 1 atom stereocenters. The number of fused-ring (bicyclic) bond motifs is 1. The fraction of sp³-hybridized carbons (Fsp3) is 0.306. The van der Waals surface area contributed by atoms with Crippen molar-refractivity contribution in [2.24, 2.45) is 0 Å². The van der Waals surface area contributed by atoms with Gasteiger partial charge in [-0.2, -0.15) is 4.98 Å². The maximum Gasteiger partial charge on any atom is 0.253 e. The number of nitrogens with one attached hydrogen (secondary N) is 1. The fourth-order valence-corrected chi connectivity index (χ4v) is 6.79. The maximum absolute atomic E-state index is 13.3. The average Bonchev–Trinajstić information content (AvgIpc) is 3.72. The van der Waals surface area contributed by atoms with Crippen LogP contribution in [0.4, 0.5) is 17.3 Å². The standard InChI is InChI=1S/C36H38ClN7O2/c1-41(31-17-21-42(25-31)24-26-6-3-2-4-7-26)34(45)27-9-15-30(16-10-27)38-35-39-33-32(8-5-20-44(33)40-35)43-22-18-36(46,19-23-43)28-11-13-29(37)14-12-28/h2-16,20,31,46H,17-19,21-25H2,1H3,(H,38,40). The summed E-state index contributed by atoms with van der Waals surface area (Å²) >= 11 is 6.06. The number of amides is 1. The minimum atomic E-state index is -0.880. The zero-order chi connectivity index (χ0) is 31.7. The Balaban J connectivity index is 0.977. The van der Waals surface area contributed by atoms with Crippen molar-refractivity contribution in [1.29, 1.82) is 0 Å². The monoisotopic (exact) mass is 635 g/mol. The third-order valence-electron chi connectivity index (χ3n) is 9.41. The number of carbonyl (C=O) groups is 1. The molecule has 2 aliphatic rings. The number of aliphatic hydroxyl groups is 1. The molecule has 1 amide bonds. The van der Waals surface area contributed by atoms with E-state index in [1.54, 1.807) is 4.52 Å². The highest BCUT2D eigenvalue weighted by Gasteiger charge is 2.35. The van der Waals surface area contributed by atoms with E-state index in [1.807, 2.05) is 84.9 Å². The van der Waals surface area contributed by atoms with Gasteiger partial charge >= 0.3 is 0 Å². The summed E-state index contributed by atoms with van der Waals surface area (Å²) in [4.78, 5) is 24.7. The number of benzene rings is 3. The molecule has 2 aliphatic heterocycles. The smallest absolute Gasteiger partial charge is 0.253 e. The van der Waals surface area contributed by atoms with Gasteiger partial charge in [-0.05, 0) is 78.9 Å². The Morgan fingerprint density at radius 3 is 2.46 bits per heavy atom. The molecule has 9 nitrogen and oxygen atoms in total. The summed E-state index contributed by atoms with van der Waals surface area (Å²) in [7, 11) is 1.91. The third-order valence-corrected chi connectivity index (χ3v) is 9.66. The Labute approximate surface area is 274 Å². The highest BCUT2D eigenvalue weighted by Crippen LogP contribution is 2.36. The van der Waals surface area contributed by atoms with Crippen LogP contribution in [0.15, 0.2) is 97.2 Å². The van der Waals surface area contributed by atoms with Gasteiger partial charge in [0.05, 0.1) is 11.3 Å². The molecular weight excluding hydrogens is 598 g/mol. The van der Waals surface area contributed by atoms with E-state index in [0.717, 1.165) is 48.6 Å². The van der Waals surface area contributed by atoms with Gasteiger partial charge in [0.15, 0.2) is 5.65 Å². The van der Waals surface area contributed by atoms with E-state index in [4.69, 9.17) is 16.6 Å². The molecule has 7 rings (SSSR count). The first kappa shape index (κ1) is 30.2. The molecule has 2 aromatic heterocycles. The lowest BCUT2D eigenvalue weighted by atomic mass is 9.84. The number of hydrogen-bond donors (Lipinski definition) is 2. The van der Waals surface area contributed by atoms with Gasteiger partial charge < -0.3 is 20.2 Å². The highest BCUT2D eigenvalue weighted by molar-refractivity contribution is 6.30. The van der Waals surface area contributed by atoms with Gasteiger partial charge in [0, 0.05) is 68.3 Å². The molecule has 0 spiro atoms. The van der Waals surface area contributed by atoms with Crippen LogP contribution in [-0.2, 0) is 12.1 Å². The zero-order valence-electron chi connectivity index (χ0n) is 25.9. The molecule has 3 aromatic carbocycles. The van der Waals surface area contributed by atoms with Gasteiger partial charge in [-0.3, -0.25) is 9.69 Å².